The molecule has 1 unspecified atom stereocenters. The molecule has 0 bridgehead atoms. The first-order valence-electron chi connectivity index (χ1n) is 4.32. The summed E-state index contributed by atoms with van der Waals surface area (Å²) in [6, 6.07) is 0. The largest absolute Gasteiger partial charge is 0.396 e. The van der Waals surface area contributed by atoms with E-state index in [0.717, 1.165) is 18.6 Å². The molecule has 0 saturated carbocycles. The number of carbonyl (C=O) groups is 1. The van der Waals surface area contributed by atoms with E-state index in [9.17, 15) is 4.79 Å². The molecule has 1 atom stereocenters. The maximum atomic E-state index is 11.0. The lowest BCUT2D eigenvalue weighted by molar-refractivity contribution is -0.121. The first-order valence-corrected chi connectivity index (χ1v) is 5.72. The molecule has 0 rings (SSSR count). The number of Topliss-reactive ketones (excluding diaryl/α,β-unsaturated/α-hetero) is 1. The lowest BCUT2D eigenvalue weighted by Crippen LogP contribution is -2.12. The van der Waals surface area contributed by atoms with Gasteiger partial charge in [0.25, 0.3) is 0 Å². The Labute approximate surface area is 78.7 Å². The predicted molar refractivity (Wildman–Crippen MR) is 53.5 cm³/mol. The van der Waals surface area contributed by atoms with Crippen molar-refractivity contribution < 1.29 is 9.90 Å². The maximum absolute atomic E-state index is 11.0. The third-order valence-corrected chi connectivity index (χ3v) is 2.65. The monoisotopic (exact) mass is 190 g/mol. The van der Waals surface area contributed by atoms with E-state index in [1.54, 1.807) is 18.7 Å². The maximum Gasteiger partial charge on any atom is 0.132 e. The summed E-state index contributed by atoms with van der Waals surface area (Å²) in [6.07, 6.45) is 4.70. The van der Waals surface area contributed by atoms with E-state index in [1.165, 1.54) is 0 Å². The highest BCUT2D eigenvalue weighted by Gasteiger charge is 2.12. The average molecular weight is 190 g/mol. The Balaban J connectivity index is 3.56. The van der Waals surface area contributed by atoms with Crippen LogP contribution in [0.5, 0.6) is 0 Å². The summed E-state index contributed by atoms with van der Waals surface area (Å²) >= 11 is 1.80. The summed E-state index contributed by atoms with van der Waals surface area (Å²) in [7, 11) is 0. The number of ketones is 1. The van der Waals surface area contributed by atoms with Gasteiger partial charge < -0.3 is 5.11 Å². The molecule has 2 nitrogen and oxygen atoms in total. The number of aliphatic hydroxyl groups excluding tert-OH is 1. The number of aliphatic hydroxyl groups is 1. The molecule has 0 aliphatic heterocycles. The molecule has 0 spiro atoms. The van der Waals surface area contributed by atoms with Gasteiger partial charge in [0.15, 0.2) is 0 Å². The lowest BCUT2D eigenvalue weighted by atomic mass is 9.96. The molecule has 72 valence electrons. The third-order valence-electron chi connectivity index (χ3n) is 1.95. The lowest BCUT2D eigenvalue weighted by Gasteiger charge is -2.10. The van der Waals surface area contributed by atoms with Gasteiger partial charge in [-0.1, -0.05) is 0 Å². The Morgan fingerprint density at radius 1 is 1.50 bits per heavy atom. The fraction of sp³-hybridized carbons (Fsp3) is 0.889. The van der Waals surface area contributed by atoms with Crippen LogP contribution in [0.3, 0.4) is 0 Å². The Hall–Kier alpha value is -0.0200. The van der Waals surface area contributed by atoms with Gasteiger partial charge in [0, 0.05) is 12.5 Å². The molecular formula is C9H18O2S. The van der Waals surface area contributed by atoms with Gasteiger partial charge in [-0.3, -0.25) is 4.79 Å². The van der Waals surface area contributed by atoms with Gasteiger partial charge in [-0.2, -0.15) is 11.8 Å². The zero-order chi connectivity index (χ0) is 9.40. The summed E-state index contributed by atoms with van der Waals surface area (Å²) in [5.74, 6) is 1.40. The first kappa shape index (κ1) is 12.0. The molecule has 0 aliphatic carbocycles. The van der Waals surface area contributed by atoms with Gasteiger partial charge in [0.05, 0.1) is 0 Å². The molecule has 0 saturated heterocycles. The summed E-state index contributed by atoms with van der Waals surface area (Å²) in [5.41, 5.74) is 0. The Kier molecular flexibility index (Phi) is 7.61. The van der Waals surface area contributed by atoms with Crippen LogP contribution in [0, 0.1) is 5.92 Å². The van der Waals surface area contributed by atoms with E-state index in [2.05, 4.69) is 6.26 Å². The molecule has 0 radical (unpaired) electrons. The summed E-state index contributed by atoms with van der Waals surface area (Å²) < 4.78 is 0. The fourth-order valence-corrected chi connectivity index (χ4v) is 1.64. The van der Waals surface area contributed by atoms with Crippen molar-refractivity contribution in [2.45, 2.75) is 26.2 Å². The molecule has 0 aromatic rings. The van der Waals surface area contributed by atoms with Crippen molar-refractivity contribution in [2.24, 2.45) is 5.92 Å². The average Bonchev–Trinajstić information content (AvgIpc) is 2.03. The SMILES string of the molecule is CSCCCC(CCO)C(C)=O. The van der Waals surface area contributed by atoms with E-state index >= 15 is 0 Å². The molecule has 0 amide bonds. The van der Waals surface area contributed by atoms with Crippen LogP contribution < -0.4 is 0 Å². The van der Waals surface area contributed by atoms with Crippen LogP contribution in [0.4, 0.5) is 0 Å². The number of hydrogen-bond acceptors (Lipinski definition) is 3. The van der Waals surface area contributed by atoms with Crippen molar-refractivity contribution in [3.05, 3.63) is 0 Å². The van der Waals surface area contributed by atoms with Crippen molar-refractivity contribution in [3.8, 4) is 0 Å². The van der Waals surface area contributed by atoms with Crippen LogP contribution in [-0.4, -0.2) is 29.5 Å². The molecular weight excluding hydrogens is 172 g/mol. The minimum atomic E-state index is 0.0853. The highest BCUT2D eigenvalue weighted by Crippen LogP contribution is 2.13. The Morgan fingerprint density at radius 2 is 2.17 bits per heavy atom. The molecule has 0 fully saturated rings. The Morgan fingerprint density at radius 3 is 2.58 bits per heavy atom. The number of rotatable bonds is 7. The van der Waals surface area contributed by atoms with E-state index in [4.69, 9.17) is 5.11 Å². The van der Waals surface area contributed by atoms with Gasteiger partial charge in [-0.05, 0) is 38.2 Å². The van der Waals surface area contributed by atoms with Crippen LogP contribution in [0.15, 0.2) is 0 Å². The van der Waals surface area contributed by atoms with E-state index in [1.807, 2.05) is 0 Å². The fourth-order valence-electron chi connectivity index (χ4n) is 1.18. The highest BCUT2D eigenvalue weighted by molar-refractivity contribution is 7.98. The second-order valence-corrected chi connectivity index (χ2v) is 3.94. The normalized spacial score (nSPS) is 12.9. The first-order chi connectivity index (χ1) is 5.72. The van der Waals surface area contributed by atoms with Crippen molar-refractivity contribution in [1.82, 2.24) is 0 Å². The number of carbonyl (C=O) groups excluding carboxylic acids is 1. The summed E-state index contributed by atoms with van der Waals surface area (Å²) in [4.78, 5) is 11.0. The van der Waals surface area contributed by atoms with E-state index < -0.39 is 0 Å². The van der Waals surface area contributed by atoms with Gasteiger partial charge >= 0.3 is 0 Å². The molecule has 3 heteroatoms. The van der Waals surface area contributed by atoms with Crippen LogP contribution in [0.2, 0.25) is 0 Å². The molecule has 12 heavy (non-hydrogen) atoms. The van der Waals surface area contributed by atoms with Crippen LogP contribution in [0.1, 0.15) is 26.2 Å². The topological polar surface area (TPSA) is 37.3 Å². The van der Waals surface area contributed by atoms with Crippen molar-refractivity contribution >= 4 is 17.5 Å². The minimum Gasteiger partial charge on any atom is -0.396 e. The molecule has 0 aliphatic rings. The van der Waals surface area contributed by atoms with Gasteiger partial charge in [-0.15, -0.1) is 0 Å². The standard InChI is InChI=1S/C9H18O2S/c1-8(11)9(5-6-10)4-3-7-12-2/h9-10H,3-7H2,1-2H3. The van der Waals surface area contributed by atoms with Crippen LogP contribution >= 0.6 is 11.8 Å². The van der Waals surface area contributed by atoms with Crippen LogP contribution in [-0.2, 0) is 4.79 Å². The van der Waals surface area contributed by atoms with E-state index in [-0.39, 0.29) is 18.3 Å². The second kappa shape index (κ2) is 7.62. The van der Waals surface area contributed by atoms with Crippen molar-refractivity contribution in [1.29, 1.82) is 0 Å². The third kappa shape index (κ3) is 5.61. The highest BCUT2D eigenvalue weighted by atomic mass is 32.2. The number of thioether (sulfide) groups is 1. The van der Waals surface area contributed by atoms with Crippen molar-refractivity contribution in [3.63, 3.8) is 0 Å². The van der Waals surface area contributed by atoms with Gasteiger partial charge in [-0.25, -0.2) is 0 Å². The quantitative estimate of drug-likeness (QED) is 0.621. The van der Waals surface area contributed by atoms with Crippen molar-refractivity contribution in [2.75, 3.05) is 18.6 Å². The van der Waals surface area contributed by atoms with Gasteiger partial charge in [0.1, 0.15) is 5.78 Å². The smallest absolute Gasteiger partial charge is 0.132 e. The molecule has 0 aromatic carbocycles. The number of hydrogen-bond donors (Lipinski definition) is 1. The predicted octanol–water partition coefficient (Wildman–Crippen LogP) is 1.72. The summed E-state index contributed by atoms with van der Waals surface area (Å²) in [6.45, 7) is 1.74. The molecule has 0 aromatic heterocycles. The Bertz CT molecular complexity index is 126. The van der Waals surface area contributed by atoms with E-state index in [0.29, 0.717) is 6.42 Å². The zero-order valence-electron chi connectivity index (χ0n) is 7.88. The van der Waals surface area contributed by atoms with Crippen LogP contribution in [0.25, 0.3) is 0 Å². The second-order valence-electron chi connectivity index (χ2n) is 2.95. The molecule has 1 N–H and O–H groups in total. The summed E-state index contributed by atoms with van der Waals surface area (Å²) in [5, 5.41) is 8.68. The molecule has 0 heterocycles. The van der Waals surface area contributed by atoms with Gasteiger partial charge in [0.2, 0.25) is 0 Å². The zero-order valence-corrected chi connectivity index (χ0v) is 8.69. The minimum absolute atomic E-state index is 0.0853.